The van der Waals surface area contributed by atoms with Gasteiger partial charge in [0, 0.05) is 48.6 Å². The van der Waals surface area contributed by atoms with Crippen molar-refractivity contribution in [1.82, 2.24) is 4.98 Å². The largest absolute Gasteiger partial charge is 0.416 e. The number of ether oxygens (including phenoxy) is 2. The van der Waals surface area contributed by atoms with E-state index >= 15 is 0 Å². The average Bonchev–Trinajstić information content (AvgIpc) is 3.50. The third kappa shape index (κ3) is 5.42. The molecule has 0 radical (unpaired) electrons. The first-order valence-corrected chi connectivity index (χ1v) is 19.1. The molecule has 2 unspecified atom stereocenters. The zero-order valence-electron chi connectivity index (χ0n) is 26.9. The van der Waals surface area contributed by atoms with Gasteiger partial charge in [-0.25, -0.2) is 0 Å². The lowest BCUT2D eigenvalue weighted by molar-refractivity contribution is -0.137. The van der Waals surface area contributed by atoms with Crippen molar-refractivity contribution in [1.29, 1.82) is 0 Å². The molecule has 2 aromatic rings. The molecule has 8 heteroatoms. The van der Waals surface area contributed by atoms with Crippen molar-refractivity contribution in [2.45, 2.75) is 134 Å². The number of fused-ring (bicyclic) bond motifs is 4. The van der Waals surface area contributed by atoms with Crippen molar-refractivity contribution in [3.05, 3.63) is 63.5 Å². The minimum atomic E-state index is -4.39. The lowest BCUT2D eigenvalue weighted by Crippen LogP contribution is -2.45. The van der Waals surface area contributed by atoms with E-state index in [2.05, 4.69) is 47.7 Å². The highest BCUT2D eigenvalue weighted by Crippen LogP contribution is 2.61. The fraction of sp³-hybridized carbons (Fsp3) is 0.686. The molecule has 2 spiro atoms. The summed E-state index contributed by atoms with van der Waals surface area (Å²) < 4.78 is 60.9. The Balaban J connectivity index is 1.58. The van der Waals surface area contributed by atoms with Gasteiger partial charge in [0.05, 0.1) is 17.3 Å². The van der Waals surface area contributed by atoms with E-state index in [0.29, 0.717) is 26.1 Å². The van der Waals surface area contributed by atoms with E-state index in [1.165, 1.54) is 54.6 Å². The second-order valence-electron chi connectivity index (χ2n) is 15.5. The Labute approximate surface area is 256 Å². The molecule has 236 valence electrons. The number of nitrogens with zero attached hydrogens (tertiary/aromatic N) is 1. The number of hydrogen-bond donors (Lipinski definition) is 0. The van der Waals surface area contributed by atoms with Gasteiger partial charge in [-0.15, -0.1) is 0 Å². The number of rotatable bonds is 4. The van der Waals surface area contributed by atoms with E-state index in [1.807, 2.05) is 0 Å². The second kappa shape index (κ2) is 10.7. The summed E-state index contributed by atoms with van der Waals surface area (Å²) in [5.41, 5.74) is 5.41. The Hall–Kier alpha value is -1.74. The summed E-state index contributed by atoms with van der Waals surface area (Å²) in [5, 5.41) is 0.0531. The van der Waals surface area contributed by atoms with Crippen molar-refractivity contribution in [3.63, 3.8) is 0 Å². The van der Waals surface area contributed by atoms with E-state index < -0.39 is 31.8 Å². The molecule has 2 aliphatic carbocycles. The van der Waals surface area contributed by atoms with Crippen LogP contribution in [-0.4, -0.2) is 26.5 Å². The monoisotopic (exact) mass is 615 g/mol. The molecule has 0 bridgehead atoms. The van der Waals surface area contributed by atoms with Crippen LogP contribution in [0.3, 0.4) is 0 Å². The van der Waals surface area contributed by atoms with Crippen LogP contribution in [-0.2, 0) is 32.1 Å². The summed E-state index contributed by atoms with van der Waals surface area (Å²) in [5.74, 6) is 0.135. The van der Waals surface area contributed by atoms with Gasteiger partial charge in [-0.3, -0.25) is 4.98 Å². The van der Waals surface area contributed by atoms with Crippen molar-refractivity contribution >= 4 is 8.32 Å². The van der Waals surface area contributed by atoms with Crippen LogP contribution in [0.1, 0.15) is 137 Å². The standard InChI is InChI=1S/C35H48F3NO3Si/c1-22(2)30-28-29(34(16-18-40-19-17-34)41-31(28)23-10-12-24(13-11-23)35(36,37)38)27-25(39-30)20-33(14-8-9-15-33)21-26(27)42-43(6,7)32(3,4)5/h10-13,22,26,31H,8-9,14-21H2,1-7H3. The predicted molar refractivity (Wildman–Crippen MR) is 165 cm³/mol. The average molecular weight is 616 g/mol. The highest BCUT2D eigenvalue weighted by molar-refractivity contribution is 6.74. The van der Waals surface area contributed by atoms with Crippen molar-refractivity contribution in [3.8, 4) is 0 Å². The summed E-state index contributed by atoms with van der Waals surface area (Å²) in [6, 6.07) is 5.55. The zero-order chi connectivity index (χ0) is 31.0. The predicted octanol–water partition coefficient (Wildman–Crippen LogP) is 9.92. The van der Waals surface area contributed by atoms with Gasteiger partial charge in [0.15, 0.2) is 8.32 Å². The lowest BCUT2D eigenvalue weighted by Gasteiger charge is -2.47. The molecule has 0 amide bonds. The number of pyridine rings is 1. The van der Waals surface area contributed by atoms with Gasteiger partial charge in [-0.1, -0.05) is 59.6 Å². The molecule has 2 aliphatic heterocycles. The maximum absolute atomic E-state index is 13.5. The number of benzene rings is 1. The molecule has 1 aromatic carbocycles. The quantitative estimate of drug-likeness (QED) is 0.321. The fourth-order valence-electron chi connectivity index (χ4n) is 7.92. The maximum atomic E-state index is 13.5. The first kappa shape index (κ1) is 31.2. The van der Waals surface area contributed by atoms with Gasteiger partial charge < -0.3 is 13.9 Å². The minimum Gasteiger partial charge on any atom is -0.410 e. The van der Waals surface area contributed by atoms with E-state index in [-0.39, 0.29) is 22.5 Å². The summed E-state index contributed by atoms with van der Waals surface area (Å²) in [7, 11) is -2.16. The van der Waals surface area contributed by atoms with Crippen LogP contribution in [0.5, 0.6) is 0 Å². The zero-order valence-corrected chi connectivity index (χ0v) is 27.9. The van der Waals surface area contributed by atoms with Crippen LogP contribution in [0.4, 0.5) is 13.2 Å². The summed E-state index contributed by atoms with van der Waals surface area (Å²) in [6.45, 7) is 17.1. The molecule has 1 aromatic heterocycles. The topological polar surface area (TPSA) is 40.6 Å². The Morgan fingerprint density at radius 3 is 2.14 bits per heavy atom. The minimum absolute atomic E-state index is 0.0531. The number of alkyl halides is 3. The van der Waals surface area contributed by atoms with Gasteiger partial charge in [0.1, 0.15) is 6.10 Å². The van der Waals surface area contributed by atoms with Gasteiger partial charge in [0.25, 0.3) is 0 Å². The Bertz CT molecular complexity index is 1350. The van der Waals surface area contributed by atoms with Crippen LogP contribution in [0.15, 0.2) is 24.3 Å². The van der Waals surface area contributed by atoms with E-state index in [9.17, 15) is 13.2 Å². The summed E-state index contributed by atoms with van der Waals surface area (Å²) >= 11 is 0. The van der Waals surface area contributed by atoms with Crippen LogP contribution >= 0.6 is 0 Å². The van der Waals surface area contributed by atoms with Crippen molar-refractivity contribution < 1.29 is 27.1 Å². The molecule has 3 heterocycles. The van der Waals surface area contributed by atoms with E-state index in [1.54, 1.807) is 12.1 Å². The number of hydrogen-bond acceptors (Lipinski definition) is 4. The maximum Gasteiger partial charge on any atom is 0.416 e. The molecule has 4 nitrogen and oxygen atoms in total. The first-order valence-electron chi connectivity index (χ1n) is 16.2. The molecule has 6 rings (SSSR count). The smallest absolute Gasteiger partial charge is 0.410 e. The van der Waals surface area contributed by atoms with Gasteiger partial charge in [-0.05, 0) is 78.4 Å². The SMILES string of the molecule is CC(C)c1nc2c(c3c1C(c1ccc(C(F)(F)F)cc1)OC31CCOCC1)C(O[Si](C)(C)C(C)(C)C)CC1(CCCC1)C2. The fourth-order valence-corrected chi connectivity index (χ4v) is 9.18. The van der Waals surface area contributed by atoms with Crippen molar-refractivity contribution in [2.75, 3.05) is 13.2 Å². The molecule has 43 heavy (non-hydrogen) atoms. The number of aromatic nitrogens is 1. The summed E-state index contributed by atoms with van der Waals surface area (Å²) in [4.78, 5) is 5.50. The van der Waals surface area contributed by atoms with Crippen LogP contribution in [0.25, 0.3) is 0 Å². The Morgan fingerprint density at radius 1 is 0.953 bits per heavy atom. The first-order chi connectivity index (χ1) is 20.1. The molecule has 2 fully saturated rings. The second-order valence-corrected chi connectivity index (χ2v) is 20.2. The van der Waals surface area contributed by atoms with Crippen LogP contribution in [0, 0.1) is 5.41 Å². The molecular formula is C35H48F3NO3Si. The summed E-state index contributed by atoms with van der Waals surface area (Å²) in [6.07, 6.45) is 3.38. The highest BCUT2D eigenvalue weighted by Gasteiger charge is 2.55. The van der Waals surface area contributed by atoms with Crippen LogP contribution in [0.2, 0.25) is 18.1 Å². The molecule has 1 saturated carbocycles. The van der Waals surface area contributed by atoms with E-state index in [4.69, 9.17) is 18.9 Å². The third-order valence-electron chi connectivity index (χ3n) is 11.2. The Morgan fingerprint density at radius 2 is 1.58 bits per heavy atom. The lowest BCUT2D eigenvalue weighted by atomic mass is 9.67. The molecular weight excluding hydrogens is 567 g/mol. The molecule has 2 atom stereocenters. The third-order valence-corrected chi connectivity index (χ3v) is 15.7. The van der Waals surface area contributed by atoms with Crippen molar-refractivity contribution in [2.24, 2.45) is 5.41 Å². The Kier molecular flexibility index (Phi) is 7.75. The molecule has 4 aliphatic rings. The normalized spacial score (nSPS) is 25.0. The van der Waals surface area contributed by atoms with Crippen LogP contribution < -0.4 is 0 Å². The van der Waals surface area contributed by atoms with E-state index in [0.717, 1.165) is 29.7 Å². The van der Waals surface area contributed by atoms with Gasteiger partial charge in [0.2, 0.25) is 0 Å². The highest BCUT2D eigenvalue weighted by atomic mass is 28.4. The molecule has 0 N–H and O–H groups in total. The molecule has 1 saturated heterocycles. The number of halogens is 3. The van der Waals surface area contributed by atoms with Gasteiger partial charge in [-0.2, -0.15) is 13.2 Å². The van der Waals surface area contributed by atoms with Gasteiger partial charge >= 0.3 is 6.18 Å².